The minimum Gasteiger partial charge on any atom is -0.493 e. The van der Waals surface area contributed by atoms with Crippen molar-refractivity contribution in [2.45, 2.75) is 25.6 Å². The predicted octanol–water partition coefficient (Wildman–Crippen LogP) is 3.66. The van der Waals surface area contributed by atoms with Gasteiger partial charge in [0.25, 0.3) is 0 Å². The van der Waals surface area contributed by atoms with Crippen LogP contribution < -0.4 is 9.47 Å². The highest BCUT2D eigenvalue weighted by atomic mass is 35.5. The summed E-state index contributed by atoms with van der Waals surface area (Å²) in [7, 11) is 1.60. The van der Waals surface area contributed by atoms with Gasteiger partial charge in [-0.3, -0.25) is 0 Å². The summed E-state index contributed by atoms with van der Waals surface area (Å²) in [5.41, 5.74) is 0.737. The molecule has 0 radical (unpaired) electrons. The third kappa shape index (κ3) is 3.22. The van der Waals surface area contributed by atoms with Gasteiger partial charge in [-0.15, -0.1) is 11.6 Å². The Morgan fingerprint density at radius 1 is 1.35 bits per heavy atom. The SMILES string of the molecule is CCCCOc1c(OC)cccc1-c1noc(CCl)n1. The molecule has 0 aliphatic rings. The second-order valence-electron chi connectivity index (χ2n) is 4.18. The molecule has 20 heavy (non-hydrogen) atoms. The van der Waals surface area contributed by atoms with Crippen molar-refractivity contribution < 1.29 is 14.0 Å². The van der Waals surface area contributed by atoms with Gasteiger partial charge in [-0.1, -0.05) is 24.6 Å². The van der Waals surface area contributed by atoms with Gasteiger partial charge in [0.15, 0.2) is 11.5 Å². The molecule has 0 saturated heterocycles. The fraction of sp³-hybridized carbons (Fsp3) is 0.429. The third-order valence-corrected chi connectivity index (χ3v) is 3.00. The lowest BCUT2D eigenvalue weighted by molar-refractivity contribution is 0.289. The number of hydrogen-bond acceptors (Lipinski definition) is 5. The molecule has 0 atom stereocenters. The first-order valence-corrected chi connectivity index (χ1v) is 7.02. The van der Waals surface area contributed by atoms with E-state index in [0.717, 1.165) is 18.4 Å². The van der Waals surface area contributed by atoms with E-state index in [9.17, 15) is 0 Å². The van der Waals surface area contributed by atoms with Gasteiger partial charge in [0.2, 0.25) is 11.7 Å². The normalized spacial score (nSPS) is 10.6. The molecule has 2 aromatic rings. The van der Waals surface area contributed by atoms with E-state index in [2.05, 4.69) is 17.1 Å². The van der Waals surface area contributed by atoms with Crippen LogP contribution in [-0.4, -0.2) is 23.9 Å². The number of aromatic nitrogens is 2. The molecular weight excluding hydrogens is 280 g/mol. The first-order chi connectivity index (χ1) is 9.80. The molecule has 0 amide bonds. The minimum absolute atomic E-state index is 0.184. The lowest BCUT2D eigenvalue weighted by Gasteiger charge is -2.13. The van der Waals surface area contributed by atoms with Crippen molar-refractivity contribution in [3.63, 3.8) is 0 Å². The molecule has 0 spiro atoms. The topological polar surface area (TPSA) is 57.4 Å². The van der Waals surface area contributed by atoms with Crippen LogP contribution in [0.25, 0.3) is 11.4 Å². The molecule has 108 valence electrons. The quantitative estimate of drug-likeness (QED) is 0.576. The van der Waals surface area contributed by atoms with Crippen LogP contribution in [0.2, 0.25) is 0 Å². The Balaban J connectivity index is 2.35. The number of alkyl halides is 1. The van der Waals surface area contributed by atoms with Crippen LogP contribution in [0, 0.1) is 0 Å². The Morgan fingerprint density at radius 2 is 2.20 bits per heavy atom. The number of benzene rings is 1. The van der Waals surface area contributed by atoms with Crippen LogP contribution in [0.15, 0.2) is 22.7 Å². The van der Waals surface area contributed by atoms with E-state index in [0.29, 0.717) is 29.8 Å². The van der Waals surface area contributed by atoms with Crippen LogP contribution >= 0.6 is 11.6 Å². The second kappa shape index (κ2) is 7.14. The molecule has 0 unspecified atom stereocenters. The zero-order chi connectivity index (χ0) is 14.4. The molecule has 0 bridgehead atoms. The maximum absolute atomic E-state index is 5.82. The lowest BCUT2D eigenvalue weighted by atomic mass is 10.1. The number of methoxy groups -OCH3 is 1. The fourth-order valence-electron chi connectivity index (χ4n) is 1.74. The summed E-state index contributed by atoms with van der Waals surface area (Å²) >= 11 is 5.68. The van der Waals surface area contributed by atoms with Crippen LogP contribution in [0.5, 0.6) is 11.5 Å². The summed E-state index contributed by atoms with van der Waals surface area (Å²) in [6, 6.07) is 5.57. The molecule has 0 N–H and O–H groups in total. The van der Waals surface area contributed by atoms with Gasteiger partial charge in [0.05, 0.1) is 19.3 Å². The summed E-state index contributed by atoms with van der Waals surface area (Å²) in [5.74, 6) is 2.29. The molecule has 0 saturated carbocycles. The van der Waals surface area contributed by atoms with Gasteiger partial charge in [-0.2, -0.15) is 4.98 Å². The van der Waals surface area contributed by atoms with Crippen molar-refractivity contribution in [1.29, 1.82) is 0 Å². The zero-order valence-corrected chi connectivity index (χ0v) is 12.3. The van der Waals surface area contributed by atoms with E-state index < -0.39 is 0 Å². The van der Waals surface area contributed by atoms with Gasteiger partial charge in [-0.25, -0.2) is 0 Å². The van der Waals surface area contributed by atoms with Crippen molar-refractivity contribution in [3.8, 4) is 22.9 Å². The van der Waals surface area contributed by atoms with Gasteiger partial charge in [0, 0.05) is 0 Å². The highest BCUT2D eigenvalue weighted by Gasteiger charge is 2.17. The molecule has 6 heteroatoms. The van der Waals surface area contributed by atoms with E-state index in [-0.39, 0.29) is 5.88 Å². The maximum Gasteiger partial charge on any atom is 0.241 e. The van der Waals surface area contributed by atoms with Crippen LogP contribution in [0.3, 0.4) is 0 Å². The van der Waals surface area contributed by atoms with E-state index in [1.54, 1.807) is 7.11 Å². The average molecular weight is 297 g/mol. The molecule has 0 aliphatic heterocycles. The Kier molecular flexibility index (Phi) is 5.24. The van der Waals surface area contributed by atoms with Crippen molar-refractivity contribution in [2.75, 3.05) is 13.7 Å². The van der Waals surface area contributed by atoms with Crippen molar-refractivity contribution in [1.82, 2.24) is 10.1 Å². The Morgan fingerprint density at radius 3 is 2.85 bits per heavy atom. The number of para-hydroxylation sites is 1. The smallest absolute Gasteiger partial charge is 0.241 e. The molecule has 0 aliphatic carbocycles. The van der Waals surface area contributed by atoms with Crippen LogP contribution in [0.1, 0.15) is 25.7 Å². The van der Waals surface area contributed by atoms with E-state index in [1.807, 2.05) is 18.2 Å². The fourth-order valence-corrected chi connectivity index (χ4v) is 1.85. The molecular formula is C14H17ClN2O3. The molecule has 1 heterocycles. The number of hydrogen-bond donors (Lipinski definition) is 0. The molecule has 5 nitrogen and oxygen atoms in total. The third-order valence-electron chi connectivity index (χ3n) is 2.77. The van der Waals surface area contributed by atoms with Crippen LogP contribution in [-0.2, 0) is 5.88 Å². The zero-order valence-electron chi connectivity index (χ0n) is 11.6. The highest BCUT2D eigenvalue weighted by molar-refractivity contribution is 6.16. The summed E-state index contributed by atoms with van der Waals surface area (Å²) in [6.07, 6.45) is 2.03. The number of ether oxygens (including phenoxy) is 2. The summed E-state index contributed by atoms with van der Waals surface area (Å²) in [4.78, 5) is 4.22. The number of nitrogens with zero attached hydrogens (tertiary/aromatic N) is 2. The maximum atomic E-state index is 5.82. The highest BCUT2D eigenvalue weighted by Crippen LogP contribution is 2.37. The minimum atomic E-state index is 0.184. The van der Waals surface area contributed by atoms with E-state index in [1.165, 1.54) is 0 Å². The molecule has 0 fully saturated rings. The lowest BCUT2D eigenvalue weighted by Crippen LogP contribution is -2.01. The number of unbranched alkanes of at least 4 members (excludes halogenated alkanes) is 1. The van der Waals surface area contributed by atoms with Crippen molar-refractivity contribution in [2.24, 2.45) is 0 Å². The summed E-state index contributed by atoms with van der Waals surface area (Å²) in [6.45, 7) is 2.72. The number of rotatable bonds is 7. The van der Waals surface area contributed by atoms with E-state index >= 15 is 0 Å². The van der Waals surface area contributed by atoms with Gasteiger partial charge in [0.1, 0.15) is 5.88 Å². The van der Waals surface area contributed by atoms with Crippen LogP contribution in [0.4, 0.5) is 0 Å². The van der Waals surface area contributed by atoms with E-state index in [4.69, 9.17) is 25.6 Å². The van der Waals surface area contributed by atoms with Gasteiger partial charge in [-0.05, 0) is 18.6 Å². The second-order valence-corrected chi connectivity index (χ2v) is 4.45. The predicted molar refractivity (Wildman–Crippen MR) is 76.2 cm³/mol. The standard InChI is InChI=1S/C14H17ClN2O3/c1-3-4-8-19-13-10(6-5-7-11(13)18-2)14-16-12(9-15)20-17-14/h5-7H,3-4,8-9H2,1-2H3. The average Bonchev–Trinajstić information content (AvgIpc) is 2.96. The van der Waals surface area contributed by atoms with Crippen molar-refractivity contribution in [3.05, 3.63) is 24.1 Å². The number of halogens is 1. The first-order valence-electron chi connectivity index (χ1n) is 6.48. The summed E-state index contributed by atoms with van der Waals surface area (Å²) < 4.78 is 16.2. The Hall–Kier alpha value is -1.75. The van der Waals surface area contributed by atoms with Gasteiger partial charge >= 0.3 is 0 Å². The molecule has 1 aromatic carbocycles. The largest absolute Gasteiger partial charge is 0.493 e. The van der Waals surface area contributed by atoms with Gasteiger partial charge < -0.3 is 14.0 Å². The Bertz CT molecular complexity index is 557. The first kappa shape index (κ1) is 14.7. The summed E-state index contributed by atoms with van der Waals surface area (Å²) in [5, 5.41) is 3.92. The van der Waals surface area contributed by atoms with Crippen molar-refractivity contribution >= 4 is 11.6 Å². The molecule has 1 aromatic heterocycles. The molecule has 2 rings (SSSR count). The Labute approximate surface area is 122 Å². The monoisotopic (exact) mass is 296 g/mol.